The first-order chi connectivity index (χ1) is 14.1. The van der Waals surface area contributed by atoms with E-state index in [9.17, 15) is 9.59 Å². The lowest BCUT2D eigenvalue weighted by Gasteiger charge is -2.08. The smallest absolute Gasteiger partial charge is 0.261 e. The fraction of sp³-hybridized carbons (Fsp3) is 0.273. The summed E-state index contributed by atoms with van der Waals surface area (Å²) < 4.78 is 2.74. The molecule has 7 heteroatoms. The minimum Gasteiger partial charge on any atom is -0.356 e. The number of carbonyl (C=O) groups excluding carboxylic acids is 1. The van der Waals surface area contributed by atoms with E-state index in [1.54, 1.807) is 28.3 Å². The summed E-state index contributed by atoms with van der Waals surface area (Å²) in [5.41, 5.74) is 2.67. The molecule has 0 fully saturated rings. The monoisotopic (exact) mass is 406 g/mol. The summed E-state index contributed by atoms with van der Waals surface area (Å²) in [6, 6.07) is 13.6. The number of para-hydroxylation sites is 2. The Morgan fingerprint density at radius 3 is 2.90 bits per heavy atom. The van der Waals surface area contributed by atoms with Crippen molar-refractivity contribution in [3.63, 3.8) is 0 Å². The molecule has 0 spiro atoms. The van der Waals surface area contributed by atoms with Gasteiger partial charge in [0.25, 0.3) is 5.56 Å². The zero-order chi connectivity index (χ0) is 20.2. The topological polar surface area (TPSA) is 76.9 Å². The maximum Gasteiger partial charge on any atom is 0.261 e. The fourth-order valence-electron chi connectivity index (χ4n) is 3.33. The van der Waals surface area contributed by atoms with Gasteiger partial charge >= 0.3 is 0 Å². The van der Waals surface area contributed by atoms with Gasteiger partial charge in [0.15, 0.2) is 0 Å². The third-order valence-electron chi connectivity index (χ3n) is 4.86. The van der Waals surface area contributed by atoms with Crippen LogP contribution >= 0.6 is 11.3 Å². The first kappa shape index (κ1) is 19.3. The molecule has 0 unspecified atom stereocenters. The first-order valence-electron chi connectivity index (χ1n) is 9.68. The molecular weight excluding hydrogens is 384 g/mol. The molecule has 0 atom stereocenters. The Morgan fingerprint density at radius 1 is 1.17 bits per heavy atom. The Hall–Kier alpha value is -3.06. The van der Waals surface area contributed by atoms with E-state index in [1.807, 2.05) is 37.3 Å². The summed E-state index contributed by atoms with van der Waals surface area (Å²) in [5.74, 6) is -0.0104. The SMILES string of the molecule is Cc1cccc2c(=O)n(CCCC(=O)NCCc3nc4ccccc4s3)cnc12. The number of hydrogen-bond acceptors (Lipinski definition) is 5. The minimum absolute atomic E-state index is 0.0104. The van der Waals surface area contributed by atoms with Crippen molar-refractivity contribution in [1.29, 1.82) is 0 Å². The highest BCUT2D eigenvalue weighted by molar-refractivity contribution is 7.18. The predicted octanol–water partition coefficient (Wildman–Crippen LogP) is 3.45. The van der Waals surface area contributed by atoms with Crippen LogP contribution in [0.1, 0.15) is 23.4 Å². The van der Waals surface area contributed by atoms with E-state index in [1.165, 1.54) is 4.70 Å². The number of hydrogen-bond donors (Lipinski definition) is 1. The van der Waals surface area contributed by atoms with Gasteiger partial charge in [0, 0.05) is 25.9 Å². The van der Waals surface area contributed by atoms with E-state index in [4.69, 9.17) is 0 Å². The maximum atomic E-state index is 12.6. The molecule has 6 nitrogen and oxygen atoms in total. The van der Waals surface area contributed by atoms with Gasteiger partial charge in [-0.15, -0.1) is 11.3 Å². The maximum absolute atomic E-state index is 12.6. The van der Waals surface area contributed by atoms with Crippen LogP contribution in [-0.4, -0.2) is 27.0 Å². The summed E-state index contributed by atoms with van der Waals surface area (Å²) in [6.45, 7) is 2.98. The van der Waals surface area contributed by atoms with Crippen molar-refractivity contribution in [3.05, 3.63) is 69.7 Å². The van der Waals surface area contributed by atoms with Gasteiger partial charge < -0.3 is 5.32 Å². The Labute approximate surface area is 172 Å². The van der Waals surface area contributed by atoms with Crippen molar-refractivity contribution in [3.8, 4) is 0 Å². The Bertz CT molecular complexity index is 1200. The van der Waals surface area contributed by atoms with Crippen LogP contribution in [-0.2, 0) is 17.8 Å². The normalized spacial score (nSPS) is 11.2. The van der Waals surface area contributed by atoms with Crippen molar-refractivity contribution in [2.24, 2.45) is 0 Å². The van der Waals surface area contributed by atoms with E-state index in [-0.39, 0.29) is 11.5 Å². The van der Waals surface area contributed by atoms with Crippen LogP contribution in [0.4, 0.5) is 0 Å². The van der Waals surface area contributed by atoms with Gasteiger partial charge in [0.05, 0.1) is 32.5 Å². The zero-order valence-electron chi connectivity index (χ0n) is 16.2. The van der Waals surface area contributed by atoms with Gasteiger partial charge in [-0.05, 0) is 37.1 Å². The Morgan fingerprint density at radius 2 is 2.03 bits per heavy atom. The van der Waals surface area contributed by atoms with E-state index in [0.29, 0.717) is 31.3 Å². The van der Waals surface area contributed by atoms with Crippen LogP contribution in [0.3, 0.4) is 0 Å². The van der Waals surface area contributed by atoms with Crippen molar-refractivity contribution < 1.29 is 4.79 Å². The fourth-order valence-corrected chi connectivity index (χ4v) is 4.30. The van der Waals surface area contributed by atoms with Crippen LogP contribution in [0, 0.1) is 6.92 Å². The number of thiazole rings is 1. The van der Waals surface area contributed by atoms with Crippen molar-refractivity contribution >= 4 is 38.4 Å². The molecule has 1 amide bonds. The first-order valence-corrected chi connectivity index (χ1v) is 10.5. The number of benzene rings is 2. The zero-order valence-corrected chi connectivity index (χ0v) is 17.0. The molecule has 0 aliphatic rings. The number of aromatic nitrogens is 3. The molecule has 4 aromatic rings. The van der Waals surface area contributed by atoms with Gasteiger partial charge in [-0.2, -0.15) is 0 Å². The molecule has 0 saturated heterocycles. The summed E-state index contributed by atoms with van der Waals surface area (Å²) in [6.07, 6.45) is 3.26. The lowest BCUT2D eigenvalue weighted by atomic mass is 10.1. The van der Waals surface area contributed by atoms with Gasteiger partial charge in [0.1, 0.15) is 0 Å². The molecule has 0 bridgehead atoms. The number of aryl methyl sites for hydroxylation is 2. The number of fused-ring (bicyclic) bond motifs is 2. The van der Waals surface area contributed by atoms with E-state index >= 15 is 0 Å². The van der Waals surface area contributed by atoms with Crippen LogP contribution in [0.5, 0.6) is 0 Å². The average molecular weight is 407 g/mol. The third-order valence-corrected chi connectivity index (χ3v) is 5.95. The Kier molecular flexibility index (Phi) is 5.67. The van der Waals surface area contributed by atoms with Gasteiger partial charge in [-0.1, -0.05) is 24.3 Å². The summed E-state index contributed by atoms with van der Waals surface area (Å²) in [4.78, 5) is 33.7. The predicted molar refractivity (Wildman–Crippen MR) is 116 cm³/mol. The molecule has 4 rings (SSSR count). The average Bonchev–Trinajstić information content (AvgIpc) is 3.13. The molecule has 29 heavy (non-hydrogen) atoms. The van der Waals surface area contributed by atoms with E-state index in [0.717, 1.165) is 28.0 Å². The molecule has 0 aliphatic carbocycles. The van der Waals surface area contributed by atoms with Gasteiger partial charge in [-0.25, -0.2) is 9.97 Å². The second-order valence-corrected chi connectivity index (χ2v) is 8.11. The van der Waals surface area contributed by atoms with E-state index in [2.05, 4.69) is 21.4 Å². The molecule has 148 valence electrons. The molecule has 2 aromatic heterocycles. The largest absolute Gasteiger partial charge is 0.356 e. The summed E-state index contributed by atoms with van der Waals surface area (Å²) in [5, 5.41) is 4.58. The lowest BCUT2D eigenvalue weighted by molar-refractivity contribution is -0.121. The van der Waals surface area contributed by atoms with Crippen LogP contribution in [0.15, 0.2) is 53.6 Å². The summed E-state index contributed by atoms with van der Waals surface area (Å²) >= 11 is 1.66. The molecular formula is C22H22N4O2S. The number of nitrogens with zero attached hydrogens (tertiary/aromatic N) is 3. The number of carbonyl (C=O) groups is 1. The number of amides is 1. The molecule has 0 saturated carbocycles. The van der Waals surface area contributed by atoms with Crippen molar-refractivity contribution in [2.75, 3.05) is 6.54 Å². The highest BCUT2D eigenvalue weighted by atomic mass is 32.1. The second-order valence-electron chi connectivity index (χ2n) is 6.99. The number of rotatable bonds is 7. The molecule has 0 aliphatic heterocycles. The quantitative estimate of drug-likeness (QED) is 0.510. The standard InChI is InChI=1S/C22H22N4O2S/c1-15-6-4-7-16-21(15)24-14-26(22(16)28)13-5-10-19(27)23-12-11-20-25-17-8-2-3-9-18(17)29-20/h2-4,6-9,14H,5,10-13H2,1H3,(H,23,27). The van der Waals surface area contributed by atoms with E-state index < -0.39 is 0 Å². The lowest BCUT2D eigenvalue weighted by Crippen LogP contribution is -2.26. The number of nitrogens with one attached hydrogen (secondary N) is 1. The van der Waals surface area contributed by atoms with Crippen molar-refractivity contribution in [1.82, 2.24) is 19.9 Å². The molecule has 2 heterocycles. The van der Waals surface area contributed by atoms with Crippen LogP contribution in [0.2, 0.25) is 0 Å². The Balaban J connectivity index is 1.26. The van der Waals surface area contributed by atoms with Gasteiger partial charge in [-0.3, -0.25) is 14.2 Å². The minimum atomic E-state index is -0.0602. The molecule has 1 N–H and O–H groups in total. The molecule has 0 radical (unpaired) electrons. The van der Waals surface area contributed by atoms with Crippen LogP contribution in [0.25, 0.3) is 21.1 Å². The van der Waals surface area contributed by atoms with Crippen LogP contribution < -0.4 is 10.9 Å². The second kappa shape index (κ2) is 8.53. The summed E-state index contributed by atoms with van der Waals surface area (Å²) in [7, 11) is 0. The highest BCUT2D eigenvalue weighted by Gasteiger charge is 2.08. The molecule has 2 aromatic carbocycles. The van der Waals surface area contributed by atoms with Gasteiger partial charge in [0.2, 0.25) is 5.91 Å². The third kappa shape index (κ3) is 4.35. The van der Waals surface area contributed by atoms with Crippen molar-refractivity contribution in [2.45, 2.75) is 32.7 Å². The highest BCUT2D eigenvalue weighted by Crippen LogP contribution is 2.21.